The standard InChI is InChI=1S/C23H29N3O2/c1-16(2)20-10-4-5-11-21(20)25-23(28)17(3)24-19-9-6-8-18(14-19)15-26-13-7-12-22(26)27/h4-6,8-11,14,16-17,24H,7,12-13,15H2,1-3H3,(H,25,28)/t17-/m0/s1. The normalized spacial score (nSPS) is 15.0. The van der Waals surface area contributed by atoms with Gasteiger partial charge in [0.25, 0.3) is 0 Å². The van der Waals surface area contributed by atoms with Crippen LogP contribution in [0.15, 0.2) is 48.5 Å². The van der Waals surface area contributed by atoms with E-state index < -0.39 is 0 Å². The minimum absolute atomic E-state index is 0.0757. The van der Waals surface area contributed by atoms with Crippen molar-refractivity contribution in [3.8, 4) is 0 Å². The van der Waals surface area contributed by atoms with E-state index in [1.165, 1.54) is 0 Å². The molecule has 2 aromatic rings. The van der Waals surface area contributed by atoms with E-state index >= 15 is 0 Å². The van der Waals surface area contributed by atoms with E-state index in [0.29, 0.717) is 18.9 Å². The Morgan fingerprint density at radius 2 is 1.89 bits per heavy atom. The molecule has 5 nitrogen and oxygen atoms in total. The van der Waals surface area contributed by atoms with E-state index in [1.54, 1.807) is 0 Å². The number of carbonyl (C=O) groups excluding carboxylic acids is 2. The van der Waals surface area contributed by atoms with Crippen LogP contribution in [0.2, 0.25) is 0 Å². The summed E-state index contributed by atoms with van der Waals surface area (Å²) in [6.07, 6.45) is 1.58. The number of hydrogen-bond donors (Lipinski definition) is 2. The second kappa shape index (κ2) is 8.91. The molecule has 0 aliphatic carbocycles. The Bertz CT molecular complexity index is 847. The highest BCUT2D eigenvalue weighted by Crippen LogP contribution is 2.24. The largest absolute Gasteiger partial charge is 0.374 e. The lowest BCUT2D eigenvalue weighted by Crippen LogP contribution is -2.32. The van der Waals surface area contributed by atoms with E-state index in [1.807, 2.05) is 60.4 Å². The van der Waals surface area contributed by atoms with Gasteiger partial charge in [0, 0.05) is 30.9 Å². The van der Waals surface area contributed by atoms with Gasteiger partial charge in [-0.25, -0.2) is 0 Å². The molecule has 0 spiro atoms. The van der Waals surface area contributed by atoms with Gasteiger partial charge in [0.05, 0.1) is 0 Å². The van der Waals surface area contributed by atoms with Crippen LogP contribution >= 0.6 is 0 Å². The average Bonchev–Trinajstić information content (AvgIpc) is 3.07. The topological polar surface area (TPSA) is 61.4 Å². The number of amides is 2. The third-order valence-corrected chi connectivity index (χ3v) is 5.09. The predicted octanol–water partition coefficient (Wildman–Crippen LogP) is 4.37. The molecule has 1 aliphatic rings. The van der Waals surface area contributed by atoms with Crippen LogP contribution in [0, 0.1) is 0 Å². The molecular weight excluding hydrogens is 350 g/mol. The maximum Gasteiger partial charge on any atom is 0.246 e. The van der Waals surface area contributed by atoms with Crippen LogP contribution in [-0.4, -0.2) is 29.3 Å². The monoisotopic (exact) mass is 379 g/mol. The third kappa shape index (κ3) is 4.91. The Balaban J connectivity index is 1.63. The van der Waals surface area contributed by atoms with E-state index in [9.17, 15) is 9.59 Å². The lowest BCUT2D eigenvalue weighted by molar-refractivity contribution is -0.128. The summed E-state index contributed by atoms with van der Waals surface area (Å²) >= 11 is 0. The molecule has 1 saturated heterocycles. The first-order chi connectivity index (χ1) is 13.4. The zero-order valence-corrected chi connectivity index (χ0v) is 16.9. The Kier molecular flexibility index (Phi) is 6.34. The van der Waals surface area contributed by atoms with Crippen LogP contribution in [0.1, 0.15) is 50.7 Å². The average molecular weight is 380 g/mol. The first kappa shape index (κ1) is 19.9. The van der Waals surface area contributed by atoms with Crippen LogP contribution in [0.4, 0.5) is 11.4 Å². The minimum atomic E-state index is -0.385. The van der Waals surface area contributed by atoms with Crippen molar-refractivity contribution in [2.45, 2.75) is 52.1 Å². The number of likely N-dealkylation sites (tertiary alicyclic amines) is 1. The van der Waals surface area contributed by atoms with Crippen molar-refractivity contribution in [1.82, 2.24) is 4.90 Å². The van der Waals surface area contributed by atoms with E-state index in [0.717, 1.165) is 35.5 Å². The fraction of sp³-hybridized carbons (Fsp3) is 0.391. The molecule has 2 aromatic carbocycles. The molecule has 1 heterocycles. The molecule has 0 bridgehead atoms. The molecule has 148 valence electrons. The summed E-state index contributed by atoms with van der Waals surface area (Å²) in [7, 11) is 0. The van der Waals surface area contributed by atoms with Crippen LogP contribution in [0.3, 0.4) is 0 Å². The van der Waals surface area contributed by atoms with Crippen molar-refractivity contribution in [1.29, 1.82) is 0 Å². The summed E-state index contributed by atoms with van der Waals surface area (Å²) in [6.45, 7) is 7.53. The molecule has 2 amide bonds. The summed E-state index contributed by atoms with van der Waals surface area (Å²) < 4.78 is 0. The fourth-order valence-corrected chi connectivity index (χ4v) is 3.52. The zero-order valence-electron chi connectivity index (χ0n) is 16.9. The number of nitrogens with zero attached hydrogens (tertiary/aromatic N) is 1. The van der Waals surface area contributed by atoms with E-state index in [2.05, 4.69) is 24.5 Å². The summed E-state index contributed by atoms with van der Waals surface area (Å²) in [5.41, 5.74) is 3.93. The van der Waals surface area contributed by atoms with Crippen LogP contribution in [0.25, 0.3) is 0 Å². The zero-order chi connectivity index (χ0) is 20.1. The van der Waals surface area contributed by atoms with Gasteiger partial charge in [0.1, 0.15) is 6.04 Å². The van der Waals surface area contributed by atoms with Gasteiger partial charge >= 0.3 is 0 Å². The Hall–Kier alpha value is -2.82. The van der Waals surface area contributed by atoms with Gasteiger partial charge in [-0.15, -0.1) is 0 Å². The van der Waals surface area contributed by atoms with Gasteiger partial charge in [0.2, 0.25) is 11.8 Å². The van der Waals surface area contributed by atoms with E-state index in [4.69, 9.17) is 0 Å². The summed E-state index contributed by atoms with van der Waals surface area (Å²) in [4.78, 5) is 26.4. The minimum Gasteiger partial charge on any atom is -0.374 e. The van der Waals surface area contributed by atoms with Crippen LogP contribution in [0.5, 0.6) is 0 Å². The summed E-state index contributed by atoms with van der Waals surface area (Å²) in [6, 6.07) is 15.4. The van der Waals surface area contributed by atoms with Crippen molar-refractivity contribution >= 4 is 23.2 Å². The van der Waals surface area contributed by atoms with Crippen molar-refractivity contribution in [2.24, 2.45) is 0 Å². The van der Waals surface area contributed by atoms with Crippen molar-refractivity contribution in [3.05, 3.63) is 59.7 Å². The maximum absolute atomic E-state index is 12.7. The highest BCUT2D eigenvalue weighted by atomic mass is 16.2. The fourth-order valence-electron chi connectivity index (χ4n) is 3.52. The van der Waals surface area contributed by atoms with Crippen molar-refractivity contribution in [2.75, 3.05) is 17.2 Å². The maximum atomic E-state index is 12.7. The SMILES string of the molecule is CC(C)c1ccccc1NC(=O)[C@H](C)Nc1cccc(CN2CCCC2=O)c1. The van der Waals surface area contributed by atoms with Crippen LogP contribution in [-0.2, 0) is 16.1 Å². The Morgan fingerprint density at radius 3 is 2.61 bits per heavy atom. The van der Waals surface area contributed by atoms with Gasteiger partial charge < -0.3 is 15.5 Å². The number of rotatable bonds is 7. The third-order valence-electron chi connectivity index (χ3n) is 5.09. The first-order valence-corrected chi connectivity index (χ1v) is 9.97. The Morgan fingerprint density at radius 1 is 1.11 bits per heavy atom. The predicted molar refractivity (Wildman–Crippen MR) is 113 cm³/mol. The molecule has 0 radical (unpaired) electrons. The van der Waals surface area contributed by atoms with Crippen LogP contribution < -0.4 is 10.6 Å². The molecule has 28 heavy (non-hydrogen) atoms. The molecule has 1 aliphatic heterocycles. The molecule has 2 N–H and O–H groups in total. The number of anilines is 2. The summed E-state index contributed by atoms with van der Waals surface area (Å²) in [5.74, 6) is 0.480. The van der Waals surface area contributed by atoms with Gasteiger partial charge in [-0.1, -0.05) is 44.2 Å². The molecule has 0 aromatic heterocycles. The molecule has 5 heteroatoms. The van der Waals surface area contributed by atoms with Gasteiger partial charge in [-0.3, -0.25) is 9.59 Å². The highest BCUT2D eigenvalue weighted by Gasteiger charge is 2.20. The Labute approximate surface area is 167 Å². The van der Waals surface area contributed by atoms with E-state index in [-0.39, 0.29) is 17.9 Å². The molecule has 1 fully saturated rings. The molecule has 0 unspecified atom stereocenters. The van der Waals surface area contributed by atoms with Gasteiger partial charge in [-0.2, -0.15) is 0 Å². The van der Waals surface area contributed by atoms with Gasteiger partial charge in [0.15, 0.2) is 0 Å². The van der Waals surface area contributed by atoms with Crippen molar-refractivity contribution in [3.63, 3.8) is 0 Å². The molecular formula is C23H29N3O2. The quantitative estimate of drug-likeness (QED) is 0.751. The number of para-hydroxylation sites is 1. The second-order valence-electron chi connectivity index (χ2n) is 7.72. The lowest BCUT2D eigenvalue weighted by Gasteiger charge is -2.19. The smallest absolute Gasteiger partial charge is 0.246 e. The number of carbonyl (C=O) groups is 2. The number of nitrogens with one attached hydrogen (secondary N) is 2. The number of benzene rings is 2. The number of hydrogen-bond acceptors (Lipinski definition) is 3. The van der Waals surface area contributed by atoms with Gasteiger partial charge in [-0.05, 0) is 48.6 Å². The summed E-state index contributed by atoms with van der Waals surface area (Å²) in [5, 5.41) is 6.31. The lowest BCUT2D eigenvalue weighted by atomic mass is 10.0. The molecule has 0 saturated carbocycles. The molecule has 3 rings (SSSR count). The highest BCUT2D eigenvalue weighted by molar-refractivity contribution is 5.97. The van der Waals surface area contributed by atoms with Crippen molar-refractivity contribution < 1.29 is 9.59 Å². The second-order valence-corrected chi connectivity index (χ2v) is 7.72. The molecule has 1 atom stereocenters. The first-order valence-electron chi connectivity index (χ1n) is 9.97.